The lowest BCUT2D eigenvalue weighted by molar-refractivity contribution is -0.134. The predicted octanol–water partition coefficient (Wildman–Crippen LogP) is 5.04. The molecule has 7 nitrogen and oxygen atoms in total. The lowest BCUT2D eigenvalue weighted by Gasteiger charge is -2.53. The third kappa shape index (κ3) is 6.52. The molecular weight excluding hydrogens is 514 g/mol. The fourth-order valence-corrected chi connectivity index (χ4v) is 6.51. The molecule has 0 bridgehead atoms. The maximum absolute atomic E-state index is 12.4. The van der Waals surface area contributed by atoms with E-state index in [1.165, 1.54) is 11.1 Å². The zero-order valence-corrected chi connectivity index (χ0v) is 25.0. The molecule has 2 aliphatic heterocycles. The number of benzene rings is 3. The van der Waals surface area contributed by atoms with E-state index in [9.17, 15) is 4.79 Å². The monoisotopic (exact) mass is 557 g/mol. The first-order valence-electron chi connectivity index (χ1n) is 14.6. The van der Waals surface area contributed by atoms with Gasteiger partial charge in [0.25, 0.3) is 0 Å². The van der Waals surface area contributed by atoms with Crippen LogP contribution in [-0.4, -0.2) is 85.7 Å². The van der Waals surface area contributed by atoms with Crippen molar-refractivity contribution in [1.82, 2.24) is 14.7 Å². The molecule has 3 aromatic rings. The van der Waals surface area contributed by atoms with E-state index < -0.39 is 0 Å². The van der Waals surface area contributed by atoms with Crippen LogP contribution < -0.4 is 14.2 Å². The van der Waals surface area contributed by atoms with Crippen molar-refractivity contribution in [2.45, 2.75) is 51.4 Å². The molecule has 5 rings (SSSR count). The summed E-state index contributed by atoms with van der Waals surface area (Å²) in [6.07, 6.45) is 0.0122. The summed E-state index contributed by atoms with van der Waals surface area (Å²) in [7, 11) is 3.36. The fraction of sp³-hybridized carbons (Fsp3) is 0.441. The van der Waals surface area contributed by atoms with E-state index in [0.29, 0.717) is 12.3 Å². The van der Waals surface area contributed by atoms with Gasteiger partial charge in [-0.1, -0.05) is 60.7 Å². The van der Waals surface area contributed by atoms with Crippen LogP contribution >= 0.6 is 0 Å². The highest BCUT2D eigenvalue weighted by molar-refractivity contribution is 5.73. The van der Waals surface area contributed by atoms with Gasteiger partial charge in [-0.05, 0) is 25.0 Å². The standard InChI is InChI=1S/C34H43N3O4/c1-24(2)41-33-19-29(39-4)18-32(40-5)30(33)22-35-20-28-21-36(25(3)38)16-17-37(28)31(23-35)34(26-12-8-6-9-13-26)27-14-10-7-11-15-27/h6-15,18-19,24,28,31,34H,16-17,20-23H2,1-5H3/t28-,31+/m1/s1. The van der Waals surface area contributed by atoms with E-state index >= 15 is 0 Å². The Labute approximate surface area is 244 Å². The van der Waals surface area contributed by atoms with Gasteiger partial charge in [0.15, 0.2) is 0 Å². The molecule has 0 unspecified atom stereocenters. The highest BCUT2D eigenvalue weighted by Crippen LogP contribution is 2.39. The van der Waals surface area contributed by atoms with E-state index in [-0.39, 0.29) is 30.0 Å². The fourth-order valence-electron chi connectivity index (χ4n) is 6.51. The first-order chi connectivity index (χ1) is 19.9. The molecule has 3 aromatic carbocycles. The number of hydrogen-bond acceptors (Lipinski definition) is 6. The Balaban J connectivity index is 1.55. The minimum absolute atomic E-state index is 0.0122. The molecule has 218 valence electrons. The van der Waals surface area contributed by atoms with Gasteiger partial charge in [0.1, 0.15) is 17.2 Å². The zero-order chi connectivity index (χ0) is 28.9. The number of carbonyl (C=O) groups excluding carboxylic acids is 1. The van der Waals surface area contributed by atoms with Crippen molar-refractivity contribution in [3.05, 3.63) is 89.5 Å². The number of carbonyl (C=O) groups is 1. The number of rotatable bonds is 9. The summed E-state index contributed by atoms with van der Waals surface area (Å²) in [4.78, 5) is 19.6. The molecule has 0 aromatic heterocycles. The summed E-state index contributed by atoms with van der Waals surface area (Å²) in [6, 6.07) is 26.0. The van der Waals surface area contributed by atoms with Crippen molar-refractivity contribution >= 4 is 5.91 Å². The smallest absolute Gasteiger partial charge is 0.219 e. The predicted molar refractivity (Wildman–Crippen MR) is 162 cm³/mol. The van der Waals surface area contributed by atoms with E-state index in [1.54, 1.807) is 21.1 Å². The molecule has 2 saturated heterocycles. The van der Waals surface area contributed by atoms with Crippen LogP contribution in [0, 0.1) is 0 Å². The van der Waals surface area contributed by atoms with Crippen molar-refractivity contribution in [2.24, 2.45) is 0 Å². The average Bonchev–Trinajstić information content (AvgIpc) is 2.98. The van der Waals surface area contributed by atoms with E-state index in [4.69, 9.17) is 14.2 Å². The van der Waals surface area contributed by atoms with Crippen molar-refractivity contribution in [2.75, 3.05) is 46.9 Å². The summed E-state index contributed by atoms with van der Waals surface area (Å²) in [5.74, 6) is 2.59. The number of nitrogens with zero attached hydrogens (tertiary/aromatic N) is 3. The quantitative estimate of drug-likeness (QED) is 0.368. The van der Waals surface area contributed by atoms with Crippen molar-refractivity contribution in [1.29, 1.82) is 0 Å². The zero-order valence-electron chi connectivity index (χ0n) is 25.0. The average molecular weight is 558 g/mol. The maximum Gasteiger partial charge on any atom is 0.219 e. The van der Waals surface area contributed by atoms with Gasteiger partial charge in [0.05, 0.1) is 25.9 Å². The maximum atomic E-state index is 12.4. The lowest BCUT2D eigenvalue weighted by atomic mass is 9.81. The number of methoxy groups -OCH3 is 2. The van der Waals surface area contributed by atoms with Crippen molar-refractivity contribution in [3.63, 3.8) is 0 Å². The molecule has 1 amide bonds. The van der Waals surface area contributed by atoms with Crippen LogP contribution in [0.3, 0.4) is 0 Å². The third-order valence-electron chi connectivity index (χ3n) is 8.36. The van der Waals surface area contributed by atoms with Gasteiger partial charge >= 0.3 is 0 Å². The first-order valence-corrected chi connectivity index (χ1v) is 14.6. The Morgan fingerprint density at radius 1 is 0.854 bits per heavy atom. The molecule has 0 spiro atoms. The number of hydrogen-bond donors (Lipinski definition) is 0. The van der Waals surface area contributed by atoms with Gasteiger partial charge < -0.3 is 19.1 Å². The molecule has 0 aliphatic carbocycles. The van der Waals surface area contributed by atoms with Crippen LogP contribution in [-0.2, 0) is 11.3 Å². The summed E-state index contributed by atoms with van der Waals surface area (Å²) < 4.78 is 17.7. The molecule has 0 radical (unpaired) electrons. The van der Waals surface area contributed by atoms with E-state index in [1.807, 2.05) is 30.9 Å². The van der Waals surface area contributed by atoms with Crippen LogP contribution in [0.1, 0.15) is 43.4 Å². The Bertz CT molecular complexity index is 1260. The van der Waals surface area contributed by atoms with Crippen LogP contribution in [0.15, 0.2) is 72.8 Å². The molecule has 2 heterocycles. The van der Waals surface area contributed by atoms with Gasteiger partial charge in [-0.15, -0.1) is 0 Å². The largest absolute Gasteiger partial charge is 0.496 e. The van der Waals surface area contributed by atoms with Gasteiger partial charge in [-0.3, -0.25) is 14.6 Å². The molecule has 0 saturated carbocycles. The topological polar surface area (TPSA) is 54.5 Å². The van der Waals surface area contributed by atoms with Crippen LogP contribution in [0.4, 0.5) is 0 Å². The molecular formula is C34H43N3O4. The molecule has 0 N–H and O–H groups in total. The van der Waals surface area contributed by atoms with Crippen LogP contribution in [0.2, 0.25) is 0 Å². The van der Waals surface area contributed by atoms with Gasteiger partial charge in [0, 0.05) is 76.3 Å². The number of ether oxygens (including phenoxy) is 3. The second-order valence-electron chi connectivity index (χ2n) is 11.4. The van der Waals surface area contributed by atoms with Crippen LogP contribution in [0.25, 0.3) is 0 Å². The first kappa shape index (κ1) is 29.0. The number of fused-ring (bicyclic) bond motifs is 1. The highest BCUT2D eigenvalue weighted by atomic mass is 16.5. The van der Waals surface area contributed by atoms with Crippen molar-refractivity contribution in [3.8, 4) is 17.2 Å². The molecule has 41 heavy (non-hydrogen) atoms. The molecule has 7 heteroatoms. The second kappa shape index (κ2) is 13.0. The third-order valence-corrected chi connectivity index (χ3v) is 8.36. The Hall–Kier alpha value is -3.55. The van der Waals surface area contributed by atoms with Gasteiger partial charge in [0.2, 0.25) is 5.91 Å². The minimum atomic E-state index is 0.0122. The summed E-state index contributed by atoms with van der Waals surface area (Å²) >= 11 is 0. The summed E-state index contributed by atoms with van der Waals surface area (Å²) in [5, 5.41) is 0. The Morgan fingerprint density at radius 2 is 1.49 bits per heavy atom. The lowest BCUT2D eigenvalue weighted by Crippen LogP contribution is -2.67. The normalized spacial score (nSPS) is 19.7. The Kier molecular flexibility index (Phi) is 9.15. The highest BCUT2D eigenvalue weighted by Gasteiger charge is 2.43. The summed E-state index contributed by atoms with van der Waals surface area (Å²) in [6.45, 7) is 10.5. The number of piperazine rings is 2. The van der Waals surface area contributed by atoms with Crippen molar-refractivity contribution < 1.29 is 19.0 Å². The summed E-state index contributed by atoms with van der Waals surface area (Å²) in [5.41, 5.74) is 3.64. The van der Waals surface area contributed by atoms with E-state index in [0.717, 1.165) is 49.8 Å². The van der Waals surface area contributed by atoms with E-state index in [2.05, 4.69) is 70.5 Å². The Morgan fingerprint density at radius 3 is 2.05 bits per heavy atom. The molecule has 2 fully saturated rings. The SMILES string of the molecule is COc1cc(OC)c(CN2C[C@@H]3CN(C(C)=O)CCN3[C@H](C(c3ccccc3)c3ccccc3)C2)c(OC(C)C)c1. The molecule has 2 atom stereocenters. The van der Waals surface area contributed by atoms with Gasteiger partial charge in [-0.2, -0.15) is 0 Å². The number of amides is 1. The minimum Gasteiger partial charge on any atom is -0.496 e. The van der Waals surface area contributed by atoms with Crippen LogP contribution in [0.5, 0.6) is 17.2 Å². The second-order valence-corrected chi connectivity index (χ2v) is 11.4. The van der Waals surface area contributed by atoms with Gasteiger partial charge in [-0.25, -0.2) is 0 Å². The molecule has 2 aliphatic rings.